The Morgan fingerprint density at radius 2 is 1.14 bits per heavy atom. The Labute approximate surface area is 300 Å². The van der Waals surface area contributed by atoms with E-state index in [-0.39, 0.29) is 42.7 Å². The van der Waals surface area contributed by atoms with Gasteiger partial charge in [-0.3, -0.25) is 9.59 Å². The molecule has 8 heteroatoms. The zero-order valence-corrected chi connectivity index (χ0v) is 32.1. The highest BCUT2D eigenvalue weighted by Gasteiger charge is 2.31. The number of likely N-dealkylation sites (N-methyl/N-ethyl adjacent to an activating group) is 1. The predicted molar refractivity (Wildman–Crippen MR) is 201 cm³/mol. The number of aliphatic carboxylic acids is 1. The van der Waals surface area contributed by atoms with Crippen molar-refractivity contribution in [3.63, 3.8) is 0 Å². The van der Waals surface area contributed by atoms with E-state index in [1.807, 2.05) is 21.1 Å². The molecule has 0 amide bonds. The molecular weight excluding hydrogens is 618 g/mol. The molecule has 0 aliphatic heterocycles. The molecule has 0 heterocycles. The Hall–Kier alpha value is -2.45. The number of hydrogen-bond acceptors (Lipinski definition) is 6. The molecule has 0 bridgehead atoms. The van der Waals surface area contributed by atoms with Crippen LogP contribution in [-0.4, -0.2) is 80.6 Å². The molecule has 0 aromatic rings. The van der Waals surface area contributed by atoms with Crippen LogP contribution >= 0.6 is 0 Å². The van der Waals surface area contributed by atoms with Crippen LogP contribution in [0.25, 0.3) is 0 Å². The van der Waals surface area contributed by atoms with Gasteiger partial charge in [-0.2, -0.15) is 0 Å². The van der Waals surface area contributed by atoms with Crippen LogP contribution in [0.4, 0.5) is 0 Å². The van der Waals surface area contributed by atoms with Crippen molar-refractivity contribution in [2.75, 3.05) is 41.0 Å². The van der Waals surface area contributed by atoms with Gasteiger partial charge in [0.1, 0.15) is 6.61 Å². The minimum Gasteiger partial charge on any atom is -0.477 e. The van der Waals surface area contributed by atoms with Crippen molar-refractivity contribution in [2.24, 2.45) is 0 Å². The molecule has 49 heavy (non-hydrogen) atoms. The lowest BCUT2D eigenvalue weighted by Gasteiger charge is -2.31. The van der Waals surface area contributed by atoms with E-state index < -0.39 is 18.1 Å². The summed E-state index contributed by atoms with van der Waals surface area (Å²) in [6.07, 6.45) is 34.8. The van der Waals surface area contributed by atoms with Crippen LogP contribution in [0.3, 0.4) is 0 Å². The van der Waals surface area contributed by atoms with E-state index >= 15 is 0 Å². The summed E-state index contributed by atoms with van der Waals surface area (Å²) >= 11 is 0. The minimum absolute atomic E-state index is 0.0474. The number of carbonyl (C=O) groups is 3. The summed E-state index contributed by atoms with van der Waals surface area (Å²) in [5.41, 5.74) is 0. The summed E-state index contributed by atoms with van der Waals surface area (Å²) in [5.74, 6) is -1.52. The number of carboxylic acids is 1. The van der Waals surface area contributed by atoms with Crippen LogP contribution < -0.4 is 0 Å². The first kappa shape index (κ1) is 46.5. The first-order valence-corrected chi connectivity index (χ1v) is 19.5. The summed E-state index contributed by atoms with van der Waals surface area (Å²) in [4.78, 5) is 36.8. The number of hydrogen-bond donors (Lipinski definition) is 1. The second-order valence-corrected chi connectivity index (χ2v) is 14.2. The standard InChI is InChI=1S/C41H73NO7/c1-6-8-10-12-14-16-18-20-22-23-25-27-29-31-39(43)48-36-37(35-47-34-33-38(41(45)46)42(3,4)5)49-40(44)32-30-28-26-24-21-19-17-15-13-11-9-7-2/h9,11,15,17,21,24,37-38H,6-8,10,12-14,16,18-20,22-23,25-36H2,1-5H3/p+1/b11-9+,17-15+,24-21+. The van der Waals surface area contributed by atoms with E-state index in [1.165, 1.54) is 64.2 Å². The van der Waals surface area contributed by atoms with Crippen LogP contribution in [0.15, 0.2) is 36.5 Å². The molecule has 0 radical (unpaired) electrons. The third-order valence-corrected chi connectivity index (χ3v) is 8.55. The highest BCUT2D eigenvalue weighted by atomic mass is 16.6. The van der Waals surface area contributed by atoms with Gasteiger partial charge in [0.2, 0.25) is 0 Å². The van der Waals surface area contributed by atoms with Crippen molar-refractivity contribution in [2.45, 2.75) is 167 Å². The quantitative estimate of drug-likeness (QED) is 0.0310. The maximum Gasteiger partial charge on any atom is 0.362 e. The molecule has 0 rings (SSSR count). The highest BCUT2D eigenvalue weighted by Crippen LogP contribution is 2.14. The number of rotatable bonds is 34. The summed E-state index contributed by atoms with van der Waals surface area (Å²) in [5, 5.41) is 9.58. The third-order valence-electron chi connectivity index (χ3n) is 8.55. The third kappa shape index (κ3) is 31.3. The van der Waals surface area contributed by atoms with Gasteiger partial charge in [0.05, 0.1) is 34.4 Å². The fourth-order valence-corrected chi connectivity index (χ4v) is 5.52. The number of esters is 2. The Balaban J connectivity index is 4.46. The van der Waals surface area contributed by atoms with Crippen LogP contribution in [0, 0.1) is 0 Å². The van der Waals surface area contributed by atoms with Crippen molar-refractivity contribution in [1.29, 1.82) is 0 Å². The van der Waals surface area contributed by atoms with Gasteiger partial charge in [-0.05, 0) is 44.9 Å². The number of unbranched alkanes of at least 4 members (excludes halogenated alkanes) is 14. The minimum atomic E-state index is -0.882. The average molecular weight is 693 g/mol. The molecule has 0 aromatic carbocycles. The number of carboxylic acid groups (broad SMARTS) is 1. The predicted octanol–water partition coefficient (Wildman–Crippen LogP) is 9.91. The van der Waals surface area contributed by atoms with Crippen molar-refractivity contribution in [1.82, 2.24) is 0 Å². The van der Waals surface area contributed by atoms with E-state index in [4.69, 9.17) is 14.2 Å². The van der Waals surface area contributed by atoms with Gasteiger partial charge in [-0.15, -0.1) is 0 Å². The maximum absolute atomic E-state index is 12.6. The molecule has 0 saturated carbocycles. The SMILES string of the molecule is CC/C=C/C/C=C/C/C=C/CCCCC(=O)OC(COCCC(C(=O)O)[N+](C)(C)C)COC(=O)CCCCCCCCCCCCCCC. The topological polar surface area (TPSA) is 99.1 Å². The second kappa shape index (κ2) is 32.7. The molecule has 2 unspecified atom stereocenters. The summed E-state index contributed by atoms with van der Waals surface area (Å²) in [6.45, 7) is 4.56. The fraction of sp³-hybridized carbons (Fsp3) is 0.780. The van der Waals surface area contributed by atoms with Crippen molar-refractivity contribution < 1.29 is 38.2 Å². The van der Waals surface area contributed by atoms with E-state index in [9.17, 15) is 19.5 Å². The molecule has 8 nitrogen and oxygen atoms in total. The Kier molecular flexibility index (Phi) is 31.1. The van der Waals surface area contributed by atoms with Gasteiger partial charge in [-0.1, -0.05) is 127 Å². The van der Waals surface area contributed by atoms with Crippen LogP contribution in [0.1, 0.15) is 155 Å². The molecule has 1 N–H and O–H groups in total. The molecule has 0 spiro atoms. The molecule has 0 aromatic heterocycles. The molecule has 2 atom stereocenters. The van der Waals surface area contributed by atoms with Crippen molar-refractivity contribution in [3.05, 3.63) is 36.5 Å². The smallest absolute Gasteiger partial charge is 0.362 e. The zero-order valence-electron chi connectivity index (χ0n) is 32.1. The van der Waals surface area contributed by atoms with Crippen LogP contribution in [-0.2, 0) is 28.6 Å². The van der Waals surface area contributed by atoms with Gasteiger partial charge in [-0.25, -0.2) is 4.79 Å². The molecular formula is C41H74NO7+. The van der Waals surface area contributed by atoms with Gasteiger partial charge < -0.3 is 23.8 Å². The van der Waals surface area contributed by atoms with Crippen LogP contribution in [0.5, 0.6) is 0 Å². The average Bonchev–Trinajstić information content (AvgIpc) is 3.05. The first-order valence-electron chi connectivity index (χ1n) is 19.5. The van der Waals surface area contributed by atoms with Gasteiger partial charge in [0.25, 0.3) is 0 Å². The monoisotopic (exact) mass is 693 g/mol. The number of carbonyl (C=O) groups excluding carboxylic acids is 2. The number of ether oxygens (including phenoxy) is 3. The van der Waals surface area contributed by atoms with E-state index in [0.29, 0.717) is 19.3 Å². The zero-order chi connectivity index (χ0) is 36.4. The van der Waals surface area contributed by atoms with Gasteiger partial charge in [0.15, 0.2) is 12.1 Å². The lowest BCUT2D eigenvalue weighted by Crippen LogP contribution is -2.50. The summed E-state index contributed by atoms with van der Waals surface area (Å²) in [7, 11) is 5.50. The van der Waals surface area contributed by atoms with E-state index in [2.05, 4.69) is 50.3 Å². The molecule has 0 fully saturated rings. The van der Waals surface area contributed by atoms with Gasteiger partial charge >= 0.3 is 17.9 Å². The lowest BCUT2D eigenvalue weighted by molar-refractivity contribution is -0.887. The number of nitrogens with zero attached hydrogens (tertiary/aromatic N) is 1. The van der Waals surface area contributed by atoms with Crippen LogP contribution in [0.2, 0.25) is 0 Å². The van der Waals surface area contributed by atoms with Gasteiger partial charge in [0, 0.05) is 19.3 Å². The highest BCUT2D eigenvalue weighted by molar-refractivity contribution is 5.72. The van der Waals surface area contributed by atoms with Crippen molar-refractivity contribution in [3.8, 4) is 0 Å². The first-order chi connectivity index (χ1) is 23.6. The fourth-order valence-electron chi connectivity index (χ4n) is 5.52. The Morgan fingerprint density at radius 3 is 1.69 bits per heavy atom. The lowest BCUT2D eigenvalue weighted by atomic mass is 10.0. The molecule has 0 aliphatic carbocycles. The van der Waals surface area contributed by atoms with Crippen molar-refractivity contribution >= 4 is 17.9 Å². The molecule has 0 aliphatic rings. The molecule has 0 saturated heterocycles. The Morgan fingerprint density at radius 1 is 0.633 bits per heavy atom. The molecule has 284 valence electrons. The van der Waals surface area contributed by atoms with E-state index in [0.717, 1.165) is 51.4 Å². The number of quaternary nitrogens is 1. The summed E-state index contributed by atoms with van der Waals surface area (Å²) < 4.78 is 17.2. The number of allylic oxidation sites excluding steroid dienone is 6. The largest absolute Gasteiger partial charge is 0.477 e. The maximum atomic E-state index is 12.6. The summed E-state index contributed by atoms with van der Waals surface area (Å²) in [6, 6.07) is -0.618. The second-order valence-electron chi connectivity index (χ2n) is 14.2. The normalized spacial score (nSPS) is 13.4. The Bertz CT molecular complexity index is 906. The van der Waals surface area contributed by atoms with E-state index in [1.54, 1.807) is 0 Å².